The molecule has 0 fully saturated rings. The van der Waals surface area contributed by atoms with Gasteiger partial charge >= 0.3 is 0 Å². The van der Waals surface area contributed by atoms with E-state index in [4.69, 9.17) is 0 Å². The van der Waals surface area contributed by atoms with E-state index in [0.29, 0.717) is 24.1 Å². The number of hydrogen-bond donors (Lipinski definition) is 1. The Kier molecular flexibility index (Phi) is 5.44. The molecule has 0 saturated heterocycles. The third kappa shape index (κ3) is 4.01. The first-order chi connectivity index (χ1) is 16.1. The first kappa shape index (κ1) is 20.6. The lowest BCUT2D eigenvalue weighted by atomic mass is 10.0. The second-order valence-corrected chi connectivity index (χ2v) is 7.97. The van der Waals surface area contributed by atoms with Crippen LogP contribution in [0, 0.1) is 0 Å². The van der Waals surface area contributed by atoms with Crippen molar-refractivity contribution in [2.24, 2.45) is 0 Å². The molecule has 4 aromatic rings. The Hall–Kier alpha value is -4.26. The van der Waals surface area contributed by atoms with Crippen molar-refractivity contribution in [1.82, 2.24) is 19.6 Å². The zero-order valence-electron chi connectivity index (χ0n) is 17.8. The summed E-state index contributed by atoms with van der Waals surface area (Å²) in [6, 6.07) is 20.9. The smallest absolute Gasteiger partial charge is 0.262 e. The number of nitrogens with zero attached hydrogens (tertiary/aromatic N) is 3. The largest absolute Gasteiger partial charge is 0.354 e. The Labute approximate surface area is 190 Å². The number of carbonyl (C=O) groups is 3. The van der Waals surface area contributed by atoms with E-state index in [-0.39, 0.29) is 12.3 Å². The molecule has 1 atom stereocenters. The molecular formula is C26H22N4O3. The summed E-state index contributed by atoms with van der Waals surface area (Å²) in [5.74, 6) is -1.24. The number of pyridine rings is 1. The molecule has 7 heteroatoms. The standard InChI is InChI=1S/C26H22N4O3/c31-24(27-14-13-19-17-29-15-7-6-12-23(29)28-19)22(16-18-8-2-1-3-9-18)30-25(32)20-10-4-5-11-21(20)26(30)33/h1-12,15,17,22H,13-14,16H2,(H,27,31). The van der Waals surface area contributed by atoms with Gasteiger partial charge in [-0.25, -0.2) is 4.98 Å². The van der Waals surface area contributed by atoms with Crippen LogP contribution in [-0.2, 0) is 17.6 Å². The van der Waals surface area contributed by atoms with Crippen LogP contribution in [0.2, 0.25) is 0 Å². The molecule has 2 aromatic carbocycles. The van der Waals surface area contributed by atoms with Gasteiger partial charge in [-0.15, -0.1) is 0 Å². The second kappa shape index (κ2) is 8.70. The van der Waals surface area contributed by atoms with E-state index >= 15 is 0 Å². The first-order valence-electron chi connectivity index (χ1n) is 10.8. The van der Waals surface area contributed by atoms with Crippen molar-refractivity contribution in [3.63, 3.8) is 0 Å². The van der Waals surface area contributed by atoms with Crippen LogP contribution in [0.4, 0.5) is 0 Å². The van der Waals surface area contributed by atoms with Gasteiger partial charge in [0.1, 0.15) is 11.7 Å². The highest BCUT2D eigenvalue weighted by Gasteiger charge is 2.42. The molecule has 0 saturated carbocycles. The molecule has 5 rings (SSSR count). The predicted octanol–water partition coefficient (Wildman–Crippen LogP) is 2.90. The first-order valence-corrected chi connectivity index (χ1v) is 10.8. The van der Waals surface area contributed by atoms with Gasteiger partial charge in [-0.1, -0.05) is 48.5 Å². The molecule has 0 radical (unpaired) electrons. The summed E-state index contributed by atoms with van der Waals surface area (Å²) >= 11 is 0. The van der Waals surface area contributed by atoms with E-state index in [9.17, 15) is 14.4 Å². The van der Waals surface area contributed by atoms with Gasteiger partial charge in [0.05, 0.1) is 16.8 Å². The van der Waals surface area contributed by atoms with Crippen molar-refractivity contribution >= 4 is 23.4 Å². The van der Waals surface area contributed by atoms with Crippen molar-refractivity contribution in [1.29, 1.82) is 0 Å². The molecule has 1 unspecified atom stereocenters. The molecule has 1 N–H and O–H groups in total. The van der Waals surface area contributed by atoms with E-state index in [2.05, 4.69) is 10.3 Å². The van der Waals surface area contributed by atoms with Crippen LogP contribution in [0.5, 0.6) is 0 Å². The summed E-state index contributed by atoms with van der Waals surface area (Å²) in [4.78, 5) is 45.0. The van der Waals surface area contributed by atoms with Crippen LogP contribution in [-0.4, -0.2) is 44.6 Å². The Morgan fingerprint density at radius 2 is 1.55 bits per heavy atom. The lowest BCUT2D eigenvalue weighted by Crippen LogP contribution is -2.51. The minimum absolute atomic E-state index is 0.243. The van der Waals surface area contributed by atoms with E-state index in [0.717, 1.165) is 21.8 Å². The van der Waals surface area contributed by atoms with Gasteiger partial charge in [0, 0.05) is 31.8 Å². The van der Waals surface area contributed by atoms with Gasteiger partial charge < -0.3 is 9.72 Å². The van der Waals surface area contributed by atoms with E-state index < -0.39 is 17.9 Å². The molecule has 3 heterocycles. The van der Waals surface area contributed by atoms with Crippen LogP contribution in [0.3, 0.4) is 0 Å². The van der Waals surface area contributed by atoms with Crippen LogP contribution >= 0.6 is 0 Å². The van der Waals surface area contributed by atoms with Crippen molar-refractivity contribution in [2.45, 2.75) is 18.9 Å². The average molecular weight is 438 g/mol. The SMILES string of the molecule is O=C(NCCc1cn2ccccc2n1)C(Cc1ccccc1)N1C(=O)c2ccccc2C1=O. The summed E-state index contributed by atoms with van der Waals surface area (Å²) in [5, 5.41) is 2.91. The van der Waals surface area contributed by atoms with Crippen LogP contribution in [0.15, 0.2) is 85.2 Å². The van der Waals surface area contributed by atoms with Crippen LogP contribution in [0.25, 0.3) is 5.65 Å². The van der Waals surface area contributed by atoms with E-state index in [1.807, 2.05) is 65.3 Å². The van der Waals surface area contributed by atoms with Gasteiger partial charge in [0.2, 0.25) is 5.91 Å². The molecule has 1 aliphatic rings. The number of fused-ring (bicyclic) bond motifs is 2. The molecule has 33 heavy (non-hydrogen) atoms. The number of amides is 3. The second-order valence-electron chi connectivity index (χ2n) is 7.97. The number of carbonyl (C=O) groups excluding carboxylic acids is 3. The lowest BCUT2D eigenvalue weighted by molar-refractivity contribution is -0.125. The summed E-state index contributed by atoms with van der Waals surface area (Å²) < 4.78 is 1.92. The molecule has 0 spiro atoms. The fourth-order valence-corrected chi connectivity index (χ4v) is 4.17. The molecular weight excluding hydrogens is 416 g/mol. The van der Waals surface area contributed by atoms with Crippen molar-refractivity contribution in [2.75, 3.05) is 6.54 Å². The van der Waals surface area contributed by atoms with Crippen molar-refractivity contribution in [3.05, 3.63) is 108 Å². The summed E-state index contributed by atoms with van der Waals surface area (Å²) in [5.41, 5.74) is 3.22. The Morgan fingerprint density at radius 1 is 0.879 bits per heavy atom. The van der Waals surface area contributed by atoms with Crippen LogP contribution < -0.4 is 5.32 Å². The molecule has 0 bridgehead atoms. The van der Waals surface area contributed by atoms with E-state index in [1.165, 1.54) is 0 Å². The summed E-state index contributed by atoms with van der Waals surface area (Å²) in [6.07, 6.45) is 4.62. The topological polar surface area (TPSA) is 83.8 Å². The quantitative estimate of drug-likeness (QED) is 0.450. The maximum absolute atomic E-state index is 13.3. The van der Waals surface area contributed by atoms with Gasteiger partial charge in [0.15, 0.2) is 0 Å². The molecule has 0 aliphatic carbocycles. The number of rotatable bonds is 7. The molecule has 7 nitrogen and oxygen atoms in total. The zero-order valence-corrected chi connectivity index (χ0v) is 17.8. The Bertz CT molecular complexity index is 1280. The fraction of sp³-hybridized carbons (Fsp3) is 0.154. The third-order valence-corrected chi connectivity index (χ3v) is 5.81. The Morgan fingerprint density at radius 3 is 2.24 bits per heavy atom. The summed E-state index contributed by atoms with van der Waals surface area (Å²) in [7, 11) is 0. The molecule has 2 aromatic heterocycles. The maximum Gasteiger partial charge on any atom is 0.262 e. The highest BCUT2D eigenvalue weighted by atomic mass is 16.2. The van der Waals surface area contributed by atoms with Gasteiger partial charge in [-0.2, -0.15) is 0 Å². The van der Waals surface area contributed by atoms with Gasteiger partial charge in [-0.05, 0) is 29.8 Å². The number of benzene rings is 2. The fourth-order valence-electron chi connectivity index (χ4n) is 4.17. The van der Waals surface area contributed by atoms with Crippen LogP contribution in [0.1, 0.15) is 32.0 Å². The highest BCUT2D eigenvalue weighted by molar-refractivity contribution is 6.22. The number of nitrogens with one attached hydrogen (secondary N) is 1. The minimum atomic E-state index is -0.944. The maximum atomic E-state index is 13.3. The molecule has 1 aliphatic heterocycles. The number of imidazole rings is 1. The van der Waals surface area contributed by atoms with Crippen molar-refractivity contribution in [3.8, 4) is 0 Å². The lowest BCUT2D eigenvalue weighted by Gasteiger charge is -2.25. The third-order valence-electron chi connectivity index (χ3n) is 5.81. The normalized spacial score (nSPS) is 13.9. The monoisotopic (exact) mass is 438 g/mol. The Balaban J connectivity index is 1.34. The number of hydrogen-bond acceptors (Lipinski definition) is 4. The summed E-state index contributed by atoms with van der Waals surface area (Å²) in [6.45, 7) is 0.344. The average Bonchev–Trinajstić information content (AvgIpc) is 3.37. The number of aromatic nitrogens is 2. The van der Waals surface area contributed by atoms with Crippen molar-refractivity contribution < 1.29 is 14.4 Å². The van der Waals surface area contributed by atoms with Gasteiger partial charge in [0.25, 0.3) is 11.8 Å². The molecule has 3 amide bonds. The highest BCUT2D eigenvalue weighted by Crippen LogP contribution is 2.26. The predicted molar refractivity (Wildman–Crippen MR) is 123 cm³/mol. The minimum Gasteiger partial charge on any atom is -0.354 e. The zero-order chi connectivity index (χ0) is 22.8. The van der Waals surface area contributed by atoms with Gasteiger partial charge in [-0.3, -0.25) is 19.3 Å². The number of imide groups is 1. The van der Waals surface area contributed by atoms with E-state index in [1.54, 1.807) is 24.3 Å². The molecule has 164 valence electrons.